The first-order chi connectivity index (χ1) is 8.04. The van der Waals surface area contributed by atoms with Crippen molar-refractivity contribution in [1.82, 2.24) is 10.6 Å². The maximum Gasteiger partial charge on any atom is 0.315 e. The van der Waals surface area contributed by atoms with Crippen LogP contribution in [0, 0.1) is 0 Å². The Bertz CT molecular complexity index is 381. The normalized spacial score (nSPS) is 13.9. The number of nitrogens with one attached hydrogen (secondary N) is 2. The lowest BCUT2D eigenvalue weighted by Crippen LogP contribution is -2.41. The van der Waals surface area contributed by atoms with E-state index >= 15 is 0 Å². The first kappa shape index (κ1) is 13.8. The average Bonchev–Trinajstić information content (AvgIpc) is 2.29. The molecular weight excluding hydrogens is 236 g/mol. The summed E-state index contributed by atoms with van der Waals surface area (Å²) >= 11 is 6.06. The van der Waals surface area contributed by atoms with Gasteiger partial charge in [0, 0.05) is 11.1 Å². The molecule has 0 aliphatic carbocycles. The van der Waals surface area contributed by atoms with Gasteiger partial charge in [-0.3, -0.25) is 0 Å². The summed E-state index contributed by atoms with van der Waals surface area (Å²) in [7, 11) is 0. The van der Waals surface area contributed by atoms with Crippen LogP contribution in [-0.2, 0) is 0 Å². The van der Waals surface area contributed by atoms with E-state index < -0.39 is 0 Å². The van der Waals surface area contributed by atoms with E-state index in [4.69, 9.17) is 11.6 Å². The molecule has 2 amide bonds. The highest BCUT2D eigenvalue weighted by Gasteiger charge is 2.12. The van der Waals surface area contributed by atoms with E-state index in [1.54, 1.807) is 0 Å². The first-order valence-electron chi connectivity index (χ1n) is 5.86. The van der Waals surface area contributed by atoms with E-state index in [1.807, 2.05) is 45.0 Å². The summed E-state index contributed by atoms with van der Waals surface area (Å²) in [5.74, 6) is 0. The zero-order chi connectivity index (χ0) is 12.8. The van der Waals surface area contributed by atoms with E-state index in [2.05, 4.69) is 10.6 Å². The van der Waals surface area contributed by atoms with E-state index in [0.717, 1.165) is 12.0 Å². The quantitative estimate of drug-likeness (QED) is 0.848. The summed E-state index contributed by atoms with van der Waals surface area (Å²) in [5, 5.41) is 6.39. The van der Waals surface area contributed by atoms with Gasteiger partial charge in [0.15, 0.2) is 0 Å². The van der Waals surface area contributed by atoms with Crippen LogP contribution in [0.5, 0.6) is 0 Å². The van der Waals surface area contributed by atoms with Gasteiger partial charge in [-0.15, -0.1) is 0 Å². The minimum Gasteiger partial charge on any atom is -0.336 e. The van der Waals surface area contributed by atoms with E-state index in [0.29, 0.717) is 5.02 Å². The maximum absolute atomic E-state index is 11.6. The van der Waals surface area contributed by atoms with Gasteiger partial charge in [0.2, 0.25) is 0 Å². The summed E-state index contributed by atoms with van der Waals surface area (Å²) < 4.78 is 0. The summed E-state index contributed by atoms with van der Waals surface area (Å²) in [5.41, 5.74) is 0.925. The smallest absolute Gasteiger partial charge is 0.315 e. The predicted octanol–water partition coefficient (Wildman–Crippen LogP) is 3.50. The minimum atomic E-state index is -0.160. The Hall–Kier alpha value is -1.22. The van der Waals surface area contributed by atoms with Crippen molar-refractivity contribution in [2.45, 2.75) is 39.3 Å². The van der Waals surface area contributed by atoms with Crippen molar-refractivity contribution in [3.8, 4) is 0 Å². The van der Waals surface area contributed by atoms with Crippen LogP contribution in [-0.4, -0.2) is 12.1 Å². The number of hydrogen-bond donors (Lipinski definition) is 2. The van der Waals surface area contributed by atoms with Gasteiger partial charge < -0.3 is 10.6 Å². The van der Waals surface area contributed by atoms with Crippen LogP contribution in [0.2, 0.25) is 5.02 Å². The SMILES string of the molecule is CC[C@H](C)NC(=O)N[C@@H](C)c1ccccc1Cl. The molecule has 0 saturated heterocycles. The Balaban J connectivity index is 2.58. The lowest BCUT2D eigenvalue weighted by atomic mass is 10.1. The number of rotatable bonds is 4. The molecule has 2 N–H and O–H groups in total. The van der Waals surface area contributed by atoms with Gasteiger partial charge >= 0.3 is 6.03 Å². The van der Waals surface area contributed by atoms with Crippen LogP contribution < -0.4 is 10.6 Å². The third-order valence-electron chi connectivity index (χ3n) is 2.71. The molecule has 1 aromatic carbocycles. The molecule has 0 heterocycles. The van der Waals surface area contributed by atoms with Crippen molar-refractivity contribution >= 4 is 17.6 Å². The van der Waals surface area contributed by atoms with Gasteiger partial charge in [-0.05, 0) is 31.9 Å². The van der Waals surface area contributed by atoms with Gasteiger partial charge in [-0.1, -0.05) is 36.7 Å². The van der Waals surface area contributed by atoms with Crippen LogP contribution >= 0.6 is 11.6 Å². The maximum atomic E-state index is 11.6. The van der Waals surface area contributed by atoms with Crippen LogP contribution in [0.1, 0.15) is 38.8 Å². The number of amides is 2. The average molecular weight is 255 g/mol. The zero-order valence-electron chi connectivity index (χ0n) is 10.5. The van der Waals surface area contributed by atoms with Gasteiger partial charge in [0.25, 0.3) is 0 Å². The molecule has 2 atom stereocenters. The van der Waals surface area contributed by atoms with Crippen molar-refractivity contribution in [3.63, 3.8) is 0 Å². The van der Waals surface area contributed by atoms with Crippen LogP contribution in [0.3, 0.4) is 0 Å². The summed E-state index contributed by atoms with van der Waals surface area (Å²) in [6, 6.07) is 7.43. The number of benzene rings is 1. The molecule has 0 aromatic heterocycles. The fourth-order valence-electron chi connectivity index (χ4n) is 1.47. The predicted molar refractivity (Wildman–Crippen MR) is 71.3 cm³/mol. The molecular formula is C13H19ClN2O. The molecule has 0 radical (unpaired) electrons. The minimum absolute atomic E-state index is 0.104. The highest BCUT2D eigenvalue weighted by Crippen LogP contribution is 2.21. The monoisotopic (exact) mass is 254 g/mol. The number of halogens is 1. The molecule has 0 aliphatic rings. The lowest BCUT2D eigenvalue weighted by Gasteiger charge is -2.18. The Morgan fingerprint density at radius 2 is 1.94 bits per heavy atom. The highest BCUT2D eigenvalue weighted by atomic mass is 35.5. The van der Waals surface area contributed by atoms with E-state index in [-0.39, 0.29) is 18.1 Å². The Labute approximate surface area is 108 Å². The number of carbonyl (C=O) groups excluding carboxylic acids is 1. The molecule has 0 bridgehead atoms. The van der Waals surface area contributed by atoms with Crippen molar-refractivity contribution < 1.29 is 4.79 Å². The number of carbonyl (C=O) groups is 1. The van der Waals surface area contributed by atoms with E-state index in [1.165, 1.54) is 0 Å². The molecule has 1 rings (SSSR count). The second-order valence-corrected chi connectivity index (χ2v) is 4.58. The fourth-order valence-corrected chi connectivity index (χ4v) is 1.77. The zero-order valence-corrected chi connectivity index (χ0v) is 11.2. The Morgan fingerprint density at radius 1 is 1.29 bits per heavy atom. The molecule has 94 valence electrons. The molecule has 0 fully saturated rings. The Morgan fingerprint density at radius 3 is 2.53 bits per heavy atom. The third-order valence-corrected chi connectivity index (χ3v) is 3.05. The van der Waals surface area contributed by atoms with Crippen molar-refractivity contribution in [2.75, 3.05) is 0 Å². The van der Waals surface area contributed by atoms with Gasteiger partial charge in [-0.25, -0.2) is 4.79 Å². The molecule has 4 heteroatoms. The van der Waals surface area contributed by atoms with Crippen molar-refractivity contribution in [2.24, 2.45) is 0 Å². The molecule has 0 aliphatic heterocycles. The molecule has 0 spiro atoms. The molecule has 17 heavy (non-hydrogen) atoms. The molecule has 0 unspecified atom stereocenters. The second-order valence-electron chi connectivity index (χ2n) is 4.17. The second kappa shape index (κ2) is 6.50. The van der Waals surface area contributed by atoms with Gasteiger partial charge in [-0.2, -0.15) is 0 Å². The summed E-state index contributed by atoms with van der Waals surface area (Å²) in [6.45, 7) is 5.92. The number of urea groups is 1. The summed E-state index contributed by atoms with van der Waals surface area (Å²) in [6.07, 6.45) is 0.911. The van der Waals surface area contributed by atoms with Crippen molar-refractivity contribution in [3.05, 3.63) is 34.9 Å². The first-order valence-corrected chi connectivity index (χ1v) is 6.23. The fraction of sp³-hybridized carbons (Fsp3) is 0.462. The molecule has 0 saturated carbocycles. The van der Waals surface area contributed by atoms with Crippen LogP contribution in [0.4, 0.5) is 4.79 Å². The Kier molecular flexibility index (Phi) is 5.29. The van der Waals surface area contributed by atoms with Gasteiger partial charge in [0.1, 0.15) is 0 Å². The topological polar surface area (TPSA) is 41.1 Å². The number of hydrogen-bond acceptors (Lipinski definition) is 1. The third kappa shape index (κ3) is 4.27. The van der Waals surface area contributed by atoms with E-state index in [9.17, 15) is 4.79 Å². The highest BCUT2D eigenvalue weighted by molar-refractivity contribution is 6.31. The molecule has 3 nitrogen and oxygen atoms in total. The lowest BCUT2D eigenvalue weighted by molar-refractivity contribution is 0.234. The summed E-state index contributed by atoms with van der Waals surface area (Å²) in [4.78, 5) is 11.6. The van der Waals surface area contributed by atoms with Crippen LogP contribution in [0.15, 0.2) is 24.3 Å². The van der Waals surface area contributed by atoms with Gasteiger partial charge in [0.05, 0.1) is 6.04 Å². The van der Waals surface area contributed by atoms with Crippen molar-refractivity contribution in [1.29, 1.82) is 0 Å². The standard InChI is InChI=1S/C13H19ClN2O/c1-4-9(2)15-13(17)16-10(3)11-7-5-6-8-12(11)14/h5-10H,4H2,1-3H3,(H2,15,16,17)/t9-,10-/m0/s1. The van der Waals surface area contributed by atoms with Crippen LogP contribution in [0.25, 0.3) is 0 Å². The largest absolute Gasteiger partial charge is 0.336 e. The molecule has 1 aromatic rings.